The number of anilines is 2. The molecule has 0 spiro atoms. The van der Waals surface area contributed by atoms with Crippen LogP contribution in [0.15, 0.2) is 18.2 Å². The van der Waals surface area contributed by atoms with Crippen LogP contribution in [0, 0.1) is 11.8 Å². The second kappa shape index (κ2) is 4.75. The lowest BCUT2D eigenvalue weighted by molar-refractivity contribution is -0.137. The molecule has 0 aromatic heterocycles. The average molecular weight is 272 g/mol. The summed E-state index contributed by atoms with van der Waals surface area (Å²) in [5, 5.41) is 5.58. The first kappa shape index (κ1) is 13.7. The van der Waals surface area contributed by atoms with Gasteiger partial charge in [0.25, 0.3) is 0 Å². The lowest BCUT2D eigenvalue weighted by Gasteiger charge is -2.16. The van der Waals surface area contributed by atoms with E-state index in [4.69, 9.17) is 0 Å². The van der Waals surface area contributed by atoms with Crippen molar-refractivity contribution in [3.63, 3.8) is 0 Å². The summed E-state index contributed by atoms with van der Waals surface area (Å²) in [5.41, 5.74) is -0.0659. The smallest absolute Gasteiger partial charge is 0.383 e. The van der Waals surface area contributed by atoms with E-state index < -0.39 is 11.7 Å². The number of benzene rings is 1. The third-order valence-electron chi connectivity index (χ3n) is 3.26. The maximum Gasteiger partial charge on any atom is 0.416 e. The summed E-state index contributed by atoms with van der Waals surface area (Å²) in [7, 11) is 0. The summed E-state index contributed by atoms with van der Waals surface area (Å²) >= 11 is 0. The first-order valence-corrected chi connectivity index (χ1v) is 6.05. The third-order valence-corrected chi connectivity index (χ3v) is 3.26. The van der Waals surface area contributed by atoms with Crippen LogP contribution >= 0.6 is 0 Å². The van der Waals surface area contributed by atoms with Gasteiger partial charge >= 0.3 is 6.18 Å². The van der Waals surface area contributed by atoms with Gasteiger partial charge in [-0.25, -0.2) is 0 Å². The molecule has 0 saturated heterocycles. The van der Waals surface area contributed by atoms with Gasteiger partial charge in [-0.3, -0.25) is 4.79 Å². The van der Waals surface area contributed by atoms with E-state index in [-0.39, 0.29) is 23.4 Å². The van der Waals surface area contributed by atoms with E-state index in [1.165, 1.54) is 6.07 Å². The molecule has 1 aromatic rings. The van der Waals surface area contributed by atoms with Gasteiger partial charge in [-0.15, -0.1) is 0 Å². The van der Waals surface area contributed by atoms with Crippen molar-refractivity contribution in [2.24, 2.45) is 11.8 Å². The number of alkyl halides is 3. The van der Waals surface area contributed by atoms with Crippen molar-refractivity contribution in [3.05, 3.63) is 23.8 Å². The molecule has 1 heterocycles. The molecule has 2 N–H and O–H groups in total. The minimum absolute atomic E-state index is 0.115. The number of rotatable bonds is 1. The molecular formula is C13H15F3N2O. The molecule has 0 radical (unpaired) electrons. The van der Waals surface area contributed by atoms with E-state index in [2.05, 4.69) is 10.6 Å². The Bertz CT molecular complexity index is 497. The second-order valence-electron chi connectivity index (χ2n) is 4.98. The minimum atomic E-state index is -4.41. The summed E-state index contributed by atoms with van der Waals surface area (Å²) in [5.74, 6) is -0.397. The Morgan fingerprint density at radius 1 is 1.26 bits per heavy atom. The normalized spacial score (nSPS) is 19.5. The summed E-state index contributed by atoms with van der Waals surface area (Å²) in [6, 6.07) is 3.32. The Morgan fingerprint density at radius 2 is 1.95 bits per heavy atom. The molecule has 3 nitrogen and oxygen atoms in total. The van der Waals surface area contributed by atoms with E-state index in [1.54, 1.807) is 0 Å². The second-order valence-corrected chi connectivity index (χ2v) is 4.98. The zero-order valence-electron chi connectivity index (χ0n) is 10.6. The molecule has 1 aliphatic heterocycles. The fraction of sp³-hybridized carbons (Fsp3) is 0.462. The molecule has 104 valence electrons. The number of carbonyl (C=O) groups excluding carboxylic acids is 1. The highest BCUT2D eigenvalue weighted by Gasteiger charge is 2.32. The summed E-state index contributed by atoms with van der Waals surface area (Å²) in [4.78, 5) is 11.9. The third kappa shape index (κ3) is 2.83. The van der Waals surface area contributed by atoms with Crippen LogP contribution in [0.3, 0.4) is 0 Å². The highest BCUT2D eigenvalue weighted by Crippen LogP contribution is 2.35. The quantitative estimate of drug-likeness (QED) is 0.823. The van der Waals surface area contributed by atoms with Gasteiger partial charge in [-0.2, -0.15) is 13.2 Å². The molecule has 0 fully saturated rings. The number of hydrogen-bond acceptors (Lipinski definition) is 2. The maximum absolute atomic E-state index is 12.6. The molecule has 19 heavy (non-hydrogen) atoms. The number of halogens is 3. The lowest BCUT2D eigenvalue weighted by atomic mass is 9.95. The van der Waals surface area contributed by atoms with E-state index in [9.17, 15) is 18.0 Å². The van der Waals surface area contributed by atoms with Gasteiger partial charge in [0, 0.05) is 6.54 Å². The predicted octanol–water partition coefficient (Wildman–Crippen LogP) is 3.34. The van der Waals surface area contributed by atoms with Gasteiger partial charge in [0.05, 0.1) is 22.9 Å². The molecule has 1 aromatic carbocycles. The molecule has 1 atom stereocenters. The zero-order chi connectivity index (χ0) is 14.2. The monoisotopic (exact) mass is 272 g/mol. The number of amides is 1. The van der Waals surface area contributed by atoms with Crippen LogP contribution < -0.4 is 10.6 Å². The first-order valence-electron chi connectivity index (χ1n) is 6.05. The summed E-state index contributed by atoms with van der Waals surface area (Å²) in [6.45, 7) is 4.23. The SMILES string of the molecule is CC(C)C1CNc2ccc(C(F)(F)F)cc2NC1=O. The number of carbonyl (C=O) groups is 1. The first-order chi connectivity index (χ1) is 8.79. The zero-order valence-corrected chi connectivity index (χ0v) is 10.6. The molecule has 2 rings (SSSR count). The number of fused-ring (bicyclic) bond motifs is 1. The topological polar surface area (TPSA) is 41.1 Å². The molecule has 0 aliphatic carbocycles. The van der Waals surface area contributed by atoms with E-state index >= 15 is 0 Å². The lowest BCUT2D eigenvalue weighted by Crippen LogP contribution is -2.29. The predicted molar refractivity (Wildman–Crippen MR) is 66.9 cm³/mol. The Balaban J connectivity index is 2.33. The molecule has 0 bridgehead atoms. The molecule has 6 heteroatoms. The van der Waals surface area contributed by atoms with Crippen molar-refractivity contribution in [1.82, 2.24) is 0 Å². The van der Waals surface area contributed by atoms with Gasteiger partial charge in [0.2, 0.25) is 5.91 Å². The van der Waals surface area contributed by atoms with Crippen LogP contribution in [-0.2, 0) is 11.0 Å². The van der Waals surface area contributed by atoms with Gasteiger partial charge in [0.1, 0.15) is 0 Å². The number of hydrogen-bond donors (Lipinski definition) is 2. The molecular weight excluding hydrogens is 257 g/mol. The molecule has 1 amide bonds. The van der Waals surface area contributed by atoms with Crippen molar-refractivity contribution < 1.29 is 18.0 Å². The minimum Gasteiger partial charge on any atom is -0.383 e. The van der Waals surface area contributed by atoms with Gasteiger partial charge in [-0.05, 0) is 24.1 Å². The van der Waals surface area contributed by atoms with Crippen LogP contribution in [0.2, 0.25) is 0 Å². The van der Waals surface area contributed by atoms with Crippen LogP contribution in [0.25, 0.3) is 0 Å². The van der Waals surface area contributed by atoms with Crippen molar-refractivity contribution >= 4 is 17.3 Å². The Kier molecular flexibility index (Phi) is 3.43. The van der Waals surface area contributed by atoms with Crippen LogP contribution in [0.5, 0.6) is 0 Å². The van der Waals surface area contributed by atoms with Crippen molar-refractivity contribution in [2.45, 2.75) is 20.0 Å². The average Bonchev–Trinajstić information content (AvgIpc) is 2.44. The van der Waals surface area contributed by atoms with Crippen LogP contribution in [0.1, 0.15) is 19.4 Å². The molecule has 1 unspecified atom stereocenters. The number of nitrogens with one attached hydrogen (secondary N) is 2. The van der Waals surface area contributed by atoms with Crippen molar-refractivity contribution in [1.29, 1.82) is 0 Å². The van der Waals surface area contributed by atoms with E-state index in [0.717, 1.165) is 12.1 Å². The fourth-order valence-electron chi connectivity index (χ4n) is 2.05. The highest BCUT2D eigenvalue weighted by atomic mass is 19.4. The summed E-state index contributed by atoms with van der Waals surface area (Å²) < 4.78 is 37.9. The standard InChI is InChI=1S/C13H15F3N2O/c1-7(2)9-6-17-10-4-3-8(13(14,15)16)5-11(10)18-12(9)19/h3-5,7,9,17H,6H2,1-2H3,(H,18,19). The van der Waals surface area contributed by atoms with Gasteiger partial charge < -0.3 is 10.6 Å². The highest BCUT2D eigenvalue weighted by molar-refractivity contribution is 5.97. The van der Waals surface area contributed by atoms with E-state index in [1.807, 2.05) is 13.8 Å². The Hall–Kier alpha value is -1.72. The largest absolute Gasteiger partial charge is 0.416 e. The fourth-order valence-corrected chi connectivity index (χ4v) is 2.05. The maximum atomic E-state index is 12.6. The Labute approximate surface area is 109 Å². The van der Waals surface area contributed by atoms with Crippen molar-refractivity contribution in [3.8, 4) is 0 Å². The van der Waals surface area contributed by atoms with E-state index in [0.29, 0.717) is 12.2 Å². The summed E-state index contributed by atoms with van der Waals surface area (Å²) in [6.07, 6.45) is -4.41. The Morgan fingerprint density at radius 3 is 2.53 bits per heavy atom. The molecule has 1 aliphatic rings. The van der Waals surface area contributed by atoms with Crippen LogP contribution in [0.4, 0.5) is 24.5 Å². The van der Waals surface area contributed by atoms with Gasteiger partial charge in [-0.1, -0.05) is 13.8 Å². The molecule has 0 saturated carbocycles. The van der Waals surface area contributed by atoms with Crippen LogP contribution in [-0.4, -0.2) is 12.5 Å². The van der Waals surface area contributed by atoms with Crippen molar-refractivity contribution in [2.75, 3.05) is 17.2 Å². The van der Waals surface area contributed by atoms with Gasteiger partial charge in [0.15, 0.2) is 0 Å².